The lowest BCUT2D eigenvalue weighted by Crippen LogP contribution is -1.66. The van der Waals surface area contributed by atoms with Crippen molar-refractivity contribution >= 4 is 55.4 Å². The van der Waals surface area contributed by atoms with Crippen molar-refractivity contribution in [3.8, 4) is 0 Å². The molecular weight excluding hydrogens is 242 g/mol. The number of halogens is 4. The van der Waals surface area contributed by atoms with Crippen molar-refractivity contribution in [3.05, 3.63) is 33.3 Å². The van der Waals surface area contributed by atoms with Gasteiger partial charge in [-0.1, -0.05) is 34.8 Å². The Labute approximate surface area is 88.5 Å². The van der Waals surface area contributed by atoms with Crippen molar-refractivity contribution in [1.82, 2.24) is 0 Å². The minimum atomic E-state index is 0.490. The summed E-state index contributed by atoms with van der Waals surface area (Å²) in [6, 6.07) is 4.95. The lowest BCUT2D eigenvalue weighted by molar-refractivity contribution is 1.70. The van der Waals surface area contributed by atoms with Gasteiger partial charge in [0.1, 0.15) is 0 Å². The van der Waals surface area contributed by atoms with Gasteiger partial charge in [-0.05, 0) is 18.2 Å². The molecule has 0 aliphatic rings. The molecule has 0 bridgehead atoms. The summed E-state index contributed by atoms with van der Waals surface area (Å²) in [5, 5.41) is 1.62. The minimum absolute atomic E-state index is 0.490. The van der Waals surface area contributed by atoms with Gasteiger partial charge in [0.15, 0.2) is 9.55 Å². The molecule has 1 aromatic carbocycles. The number of rotatable bonds is 0. The predicted molar refractivity (Wildman–Crippen MR) is 53.1 cm³/mol. The molecule has 0 aliphatic carbocycles. The monoisotopic (exact) mass is 243 g/mol. The molecule has 11 heavy (non-hydrogen) atoms. The molecular formula is C6H3Cl4Si. The second-order valence-corrected chi connectivity index (χ2v) is 2.81. The molecule has 0 saturated heterocycles. The molecule has 0 atom stereocenters. The van der Waals surface area contributed by atoms with Crippen molar-refractivity contribution in [2.75, 3.05) is 0 Å². The zero-order valence-electron chi connectivity index (χ0n) is 5.24. The van der Waals surface area contributed by atoms with E-state index in [4.69, 9.17) is 34.8 Å². The van der Waals surface area contributed by atoms with Crippen molar-refractivity contribution in [2.24, 2.45) is 0 Å². The van der Waals surface area contributed by atoms with Gasteiger partial charge in [0.05, 0.1) is 10.0 Å². The Bertz CT molecular complexity index is 226. The van der Waals surface area contributed by atoms with Gasteiger partial charge in [0.25, 0.3) is 0 Å². The summed E-state index contributed by atoms with van der Waals surface area (Å²) < 4.78 is 0. The highest BCUT2D eigenvalue weighted by Crippen LogP contribution is 2.24. The molecule has 0 N–H and O–H groups in total. The molecule has 0 aliphatic heterocycles. The highest BCUT2D eigenvalue weighted by molar-refractivity contribution is 6.80. The third kappa shape index (κ3) is 4.24. The summed E-state index contributed by atoms with van der Waals surface area (Å²) >= 11 is 21.2. The standard InChI is InChI=1S/C6H3Cl3.ClSi/c7-4-1-2-5(8)6(9)3-4;1-2/h1-3H;. The summed E-state index contributed by atoms with van der Waals surface area (Å²) in [5.74, 6) is 0. The minimum Gasteiger partial charge on any atom is -0.174 e. The van der Waals surface area contributed by atoms with Crippen LogP contribution in [-0.2, 0) is 0 Å². The van der Waals surface area contributed by atoms with Gasteiger partial charge in [-0.15, -0.1) is 0 Å². The lowest BCUT2D eigenvalue weighted by atomic mass is 10.4. The summed E-state index contributed by atoms with van der Waals surface area (Å²) in [6.07, 6.45) is 0. The second-order valence-electron chi connectivity index (χ2n) is 1.56. The first-order valence-electron chi connectivity index (χ1n) is 2.49. The van der Waals surface area contributed by atoms with Gasteiger partial charge < -0.3 is 0 Å². The van der Waals surface area contributed by atoms with Crippen LogP contribution in [0, 0.1) is 0 Å². The first-order chi connectivity index (χ1) is 5.20. The van der Waals surface area contributed by atoms with Crippen molar-refractivity contribution in [1.29, 1.82) is 0 Å². The fourth-order valence-corrected chi connectivity index (χ4v) is 0.997. The van der Waals surface area contributed by atoms with Crippen LogP contribution in [0.15, 0.2) is 18.2 Å². The zero-order chi connectivity index (χ0) is 8.85. The fourth-order valence-electron chi connectivity index (χ4n) is 0.470. The molecule has 0 unspecified atom stereocenters. The largest absolute Gasteiger partial charge is 0.174 e. The van der Waals surface area contributed by atoms with Crippen LogP contribution in [0.4, 0.5) is 0 Å². The number of benzene rings is 1. The number of hydrogen-bond donors (Lipinski definition) is 0. The van der Waals surface area contributed by atoms with Crippen LogP contribution >= 0.6 is 45.9 Å². The smallest absolute Gasteiger partial charge is 0.174 e. The summed E-state index contributed by atoms with van der Waals surface area (Å²) in [6.45, 7) is 0. The van der Waals surface area contributed by atoms with Gasteiger partial charge >= 0.3 is 0 Å². The van der Waals surface area contributed by atoms with E-state index in [0.717, 1.165) is 0 Å². The molecule has 0 nitrogen and oxygen atoms in total. The maximum absolute atomic E-state index is 5.60. The quantitative estimate of drug-likeness (QED) is 0.368. The summed E-state index contributed by atoms with van der Waals surface area (Å²) in [7, 11) is 2.44. The summed E-state index contributed by atoms with van der Waals surface area (Å²) in [4.78, 5) is 0. The Morgan fingerprint density at radius 3 is 1.82 bits per heavy atom. The van der Waals surface area contributed by atoms with E-state index < -0.39 is 0 Å². The molecule has 0 aromatic heterocycles. The highest BCUT2D eigenvalue weighted by Gasteiger charge is 1.94. The predicted octanol–water partition coefficient (Wildman–Crippen LogP) is 3.96. The van der Waals surface area contributed by atoms with Crippen molar-refractivity contribution < 1.29 is 0 Å². The Hall–Kier alpha value is 0.597. The molecule has 1 aromatic rings. The second kappa shape index (κ2) is 6.15. The van der Waals surface area contributed by atoms with E-state index in [1.165, 1.54) is 0 Å². The molecule has 0 spiro atoms. The van der Waals surface area contributed by atoms with Crippen LogP contribution in [0.5, 0.6) is 0 Å². The first kappa shape index (κ1) is 11.6. The Morgan fingerprint density at radius 1 is 0.909 bits per heavy atom. The van der Waals surface area contributed by atoms with Crippen LogP contribution in [-0.4, -0.2) is 9.55 Å². The third-order valence-corrected chi connectivity index (χ3v) is 1.86. The molecule has 5 heteroatoms. The van der Waals surface area contributed by atoms with Crippen molar-refractivity contribution in [2.45, 2.75) is 0 Å². The van der Waals surface area contributed by atoms with Gasteiger partial charge in [0.2, 0.25) is 0 Å². The summed E-state index contributed by atoms with van der Waals surface area (Å²) in [5.41, 5.74) is 0. The zero-order valence-corrected chi connectivity index (χ0v) is 9.27. The molecule has 0 fully saturated rings. The maximum atomic E-state index is 5.60. The van der Waals surface area contributed by atoms with E-state index in [9.17, 15) is 0 Å². The van der Waals surface area contributed by atoms with Gasteiger partial charge in [0, 0.05) is 5.02 Å². The van der Waals surface area contributed by atoms with Crippen LogP contribution < -0.4 is 0 Å². The van der Waals surface area contributed by atoms with E-state index in [2.05, 4.69) is 20.6 Å². The fraction of sp³-hybridized carbons (Fsp3) is 0. The lowest BCUT2D eigenvalue weighted by Gasteiger charge is -1.92. The highest BCUT2D eigenvalue weighted by atomic mass is 35.6. The van der Waals surface area contributed by atoms with Gasteiger partial charge in [-0.2, -0.15) is 11.1 Å². The Balaban J connectivity index is 0.000000461. The number of hydrogen-bond acceptors (Lipinski definition) is 0. The molecule has 59 valence electrons. The Morgan fingerprint density at radius 2 is 1.45 bits per heavy atom. The first-order valence-corrected chi connectivity index (χ1v) is 5.14. The Kier molecular flexibility index (Phi) is 6.48. The van der Waals surface area contributed by atoms with Crippen LogP contribution in [0.25, 0.3) is 0 Å². The average Bonchev–Trinajstić information content (AvgIpc) is 2.02. The van der Waals surface area contributed by atoms with E-state index >= 15 is 0 Å². The van der Waals surface area contributed by atoms with E-state index in [1.807, 2.05) is 0 Å². The SMILES string of the molecule is Clc1ccc(Cl)c(Cl)c1.[Si]Cl. The van der Waals surface area contributed by atoms with Crippen LogP contribution in [0.1, 0.15) is 0 Å². The van der Waals surface area contributed by atoms with Gasteiger partial charge in [-0.25, -0.2) is 0 Å². The van der Waals surface area contributed by atoms with Crippen molar-refractivity contribution in [3.63, 3.8) is 0 Å². The average molecular weight is 245 g/mol. The topological polar surface area (TPSA) is 0 Å². The molecule has 0 saturated carbocycles. The molecule has 0 amide bonds. The van der Waals surface area contributed by atoms with Gasteiger partial charge in [-0.3, -0.25) is 0 Å². The maximum Gasteiger partial charge on any atom is 0.174 e. The molecule has 1 rings (SSSR count). The van der Waals surface area contributed by atoms with Crippen LogP contribution in [0.3, 0.4) is 0 Å². The van der Waals surface area contributed by atoms with E-state index in [1.54, 1.807) is 18.2 Å². The third-order valence-electron chi connectivity index (χ3n) is 0.882. The van der Waals surface area contributed by atoms with E-state index in [0.29, 0.717) is 15.1 Å². The van der Waals surface area contributed by atoms with E-state index in [-0.39, 0.29) is 0 Å². The molecule has 0 heterocycles. The molecule has 3 radical (unpaired) electrons. The van der Waals surface area contributed by atoms with Crippen LogP contribution in [0.2, 0.25) is 15.1 Å². The normalized spacial score (nSPS) is 8.45.